The van der Waals surface area contributed by atoms with E-state index in [1.165, 1.54) is 16.9 Å². The third-order valence-corrected chi connectivity index (χ3v) is 6.62. The lowest BCUT2D eigenvalue weighted by atomic mass is 9.71. The highest BCUT2D eigenvalue weighted by Crippen LogP contribution is 2.38. The van der Waals surface area contributed by atoms with Crippen molar-refractivity contribution < 1.29 is 9.59 Å². The van der Waals surface area contributed by atoms with Crippen molar-refractivity contribution in [3.8, 4) is 0 Å². The van der Waals surface area contributed by atoms with Crippen LogP contribution in [0.25, 0.3) is 10.2 Å². The highest BCUT2D eigenvalue weighted by molar-refractivity contribution is 7.20. The molecular weight excluding hydrogens is 358 g/mol. The zero-order valence-corrected chi connectivity index (χ0v) is 17.6. The Morgan fingerprint density at radius 1 is 1.30 bits per heavy atom. The van der Waals surface area contributed by atoms with Gasteiger partial charge in [-0.05, 0) is 54.2 Å². The fourth-order valence-corrected chi connectivity index (χ4v) is 4.69. The van der Waals surface area contributed by atoms with Crippen LogP contribution in [0.3, 0.4) is 0 Å². The van der Waals surface area contributed by atoms with Gasteiger partial charge in [0.2, 0.25) is 5.91 Å². The van der Waals surface area contributed by atoms with E-state index in [1.807, 2.05) is 19.9 Å². The smallest absolute Gasteiger partial charge is 0.262 e. The van der Waals surface area contributed by atoms with Crippen molar-refractivity contribution in [2.24, 2.45) is 23.0 Å². The summed E-state index contributed by atoms with van der Waals surface area (Å²) in [5.74, 6) is -0.184. The van der Waals surface area contributed by atoms with Gasteiger partial charge in [0, 0.05) is 11.1 Å². The van der Waals surface area contributed by atoms with E-state index in [4.69, 9.17) is 10.7 Å². The lowest BCUT2D eigenvalue weighted by Crippen LogP contribution is -2.47. The molecule has 0 saturated heterocycles. The first kappa shape index (κ1) is 19.8. The second kappa shape index (κ2) is 7.23. The fraction of sp³-hybridized carbons (Fsp3) is 0.571. The second-order valence-corrected chi connectivity index (χ2v) is 10.0. The average molecular weight is 388 g/mol. The molecule has 27 heavy (non-hydrogen) atoms. The van der Waals surface area contributed by atoms with Crippen LogP contribution in [0, 0.1) is 17.3 Å². The van der Waals surface area contributed by atoms with E-state index in [0.717, 1.165) is 35.2 Å². The Morgan fingerprint density at radius 3 is 2.59 bits per heavy atom. The van der Waals surface area contributed by atoms with Crippen molar-refractivity contribution in [2.45, 2.75) is 59.9 Å². The summed E-state index contributed by atoms with van der Waals surface area (Å²) in [5, 5.41) is 3.76. The van der Waals surface area contributed by atoms with Crippen LogP contribution in [0.1, 0.15) is 62.0 Å². The maximum absolute atomic E-state index is 12.6. The number of hydrogen-bond donors (Lipinski definition) is 2. The minimum absolute atomic E-state index is 0.0550. The molecule has 2 heterocycles. The van der Waals surface area contributed by atoms with Crippen molar-refractivity contribution in [3.63, 3.8) is 0 Å². The van der Waals surface area contributed by atoms with Gasteiger partial charge in [0.1, 0.15) is 10.9 Å². The normalized spacial score (nSPS) is 18.4. The zero-order chi connectivity index (χ0) is 19.9. The predicted octanol–water partition coefficient (Wildman–Crippen LogP) is 3.69. The van der Waals surface area contributed by atoms with Crippen molar-refractivity contribution >= 4 is 33.4 Å². The maximum atomic E-state index is 12.6. The molecule has 1 aliphatic carbocycles. The molecule has 0 aromatic carbocycles. The molecule has 0 bridgehead atoms. The minimum atomic E-state index is -0.670. The molecule has 0 fully saturated rings. The Bertz CT molecular complexity index is 879. The predicted molar refractivity (Wildman–Crippen MR) is 110 cm³/mol. The van der Waals surface area contributed by atoms with Crippen LogP contribution in [0.15, 0.2) is 12.1 Å². The minimum Gasteiger partial charge on any atom is -0.368 e. The molecule has 3 rings (SSSR count). The summed E-state index contributed by atoms with van der Waals surface area (Å²) in [5.41, 5.74) is 8.15. The van der Waals surface area contributed by atoms with Crippen LogP contribution in [0.2, 0.25) is 0 Å². The van der Waals surface area contributed by atoms with Crippen LogP contribution in [0.5, 0.6) is 0 Å². The Morgan fingerprint density at radius 2 is 2.00 bits per heavy atom. The van der Waals surface area contributed by atoms with Crippen molar-refractivity contribution in [1.82, 2.24) is 10.3 Å². The molecule has 3 N–H and O–H groups in total. The molecule has 2 atom stereocenters. The van der Waals surface area contributed by atoms with Crippen molar-refractivity contribution in [2.75, 3.05) is 0 Å². The molecule has 1 unspecified atom stereocenters. The third-order valence-electron chi connectivity index (χ3n) is 5.58. The monoisotopic (exact) mass is 387 g/mol. The molecule has 1 aliphatic rings. The molecule has 6 heteroatoms. The van der Waals surface area contributed by atoms with Gasteiger partial charge in [0.05, 0.1) is 4.88 Å². The number of amides is 2. The molecule has 2 aromatic rings. The summed E-state index contributed by atoms with van der Waals surface area (Å²) in [7, 11) is 0. The van der Waals surface area contributed by atoms with Gasteiger partial charge in [-0.1, -0.05) is 34.6 Å². The van der Waals surface area contributed by atoms with Crippen LogP contribution in [-0.2, 0) is 17.6 Å². The summed E-state index contributed by atoms with van der Waals surface area (Å²) in [4.78, 5) is 30.4. The SMILES string of the molecule is CC(C)[C@H](NC(=O)c1cc2cc3c(nc2s1)CCC(C(C)(C)C)C3)C(N)=O. The summed E-state index contributed by atoms with van der Waals surface area (Å²) in [6, 6.07) is 3.40. The Labute approximate surface area is 164 Å². The molecule has 0 aliphatic heterocycles. The first-order valence-electron chi connectivity index (χ1n) is 9.58. The van der Waals surface area contributed by atoms with E-state index in [2.05, 4.69) is 32.2 Å². The summed E-state index contributed by atoms with van der Waals surface area (Å²) < 4.78 is 0. The van der Waals surface area contributed by atoms with E-state index in [9.17, 15) is 9.59 Å². The Kier molecular flexibility index (Phi) is 5.30. The second-order valence-electron chi connectivity index (χ2n) is 9.00. The Hall–Kier alpha value is -1.95. The van der Waals surface area contributed by atoms with Gasteiger partial charge in [0.25, 0.3) is 5.91 Å². The number of nitrogens with zero attached hydrogens (tertiary/aromatic N) is 1. The van der Waals surface area contributed by atoms with Gasteiger partial charge >= 0.3 is 0 Å². The van der Waals surface area contributed by atoms with E-state index in [1.54, 1.807) is 0 Å². The fourth-order valence-electron chi connectivity index (χ4n) is 3.75. The van der Waals surface area contributed by atoms with Gasteiger partial charge in [-0.25, -0.2) is 4.98 Å². The Balaban J connectivity index is 1.86. The first-order chi connectivity index (χ1) is 12.6. The lowest BCUT2D eigenvalue weighted by Gasteiger charge is -2.34. The van der Waals surface area contributed by atoms with Gasteiger partial charge in [-0.15, -0.1) is 11.3 Å². The number of primary amides is 1. The largest absolute Gasteiger partial charge is 0.368 e. The molecule has 2 amide bonds. The van der Waals surface area contributed by atoms with Crippen LogP contribution >= 0.6 is 11.3 Å². The number of carbonyl (C=O) groups is 2. The van der Waals surface area contributed by atoms with E-state index in [-0.39, 0.29) is 17.2 Å². The summed E-state index contributed by atoms with van der Waals surface area (Å²) >= 11 is 1.37. The molecule has 0 radical (unpaired) electrons. The third kappa shape index (κ3) is 4.15. The van der Waals surface area contributed by atoms with E-state index >= 15 is 0 Å². The van der Waals surface area contributed by atoms with Gasteiger partial charge in [0.15, 0.2) is 0 Å². The molecular formula is C21H29N3O2S. The molecule has 146 valence electrons. The quantitative estimate of drug-likeness (QED) is 0.839. The summed E-state index contributed by atoms with van der Waals surface area (Å²) in [6.45, 7) is 10.6. The molecule has 5 nitrogen and oxygen atoms in total. The highest BCUT2D eigenvalue weighted by Gasteiger charge is 2.30. The van der Waals surface area contributed by atoms with Crippen LogP contribution in [0.4, 0.5) is 0 Å². The number of aryl methyl sites for hydroxylation is 1. The zero-order valence-electron chi connectivity index (χ0n) is 16.8. The van der Waals surface area contributed by atoms with Crippen molar-refractivity contribution in [3.05, 3.63) is 28.3 Å². The van der Waals surface area contributed by atoms with E-state index < -0.39 is 11.9 Å². The van der Waals surface area contributed by atoms with Gasteiger partial charge in [-0.3, -0.25) is 9.59 Å². The number of thiophene rings is 1. The lowest BCUT2D eigenvalue weighted by molar-refractivity contribution is -0.120. The van der Waals surface area contributed by atoms with Crippen LogP contribution in [-0.4, -0.2) is 22.8 Å². The van der Waals surface area contributed by atoms with Gasteiger partial charge in [-0.2, -0.15) is 0 Å². The number of hydrogen-bond acceptors (Lipinski definition) is 4. The van der Waals surface area contributed by atoms with Gasteiger partial charge < -0.3 is 11.1 Å². The van der Waals surface area contributed by atoms with Crippen molar-refractivity contribution in [1.29, 1.82) is 0 Å². The molecule has 2 aromatic heterocycles. The summed E-state index contributed by atoms with van der Waals surface area (Å²) in [6.07, 6.45) is 3.18. The number of nitrogens with one attached hydrogen (secondary N) is 1. The number of nitrogens with two attached hydrogens (primary N) is 1. The first-order valence-corrected chi connectivity index (χ1v) is 10.4. The number of rotatable bonds is 4. The van der Waals surface area contributed by atoms with Crippen LogP contribution < -0.4 is 11.1 Å². The number of pyridine rings is 1. The number of aromatic nitrogens is 1. The highest BCUT2D eigenvalue weighted by atomic mass is 32.1. The topological polar surface area (TPSA) is 85.1 Å². The van der Waals surface area contributed by atoms with E-state index in [0.29, 0.717) is 10.8 Å². The average Bonchev–Trinajstić information content (AvgIpc) is 2.98. The number of fused-ring (bicyclic) bond motifs is 2. The number of carbonyl (C=O) groups excluding carboxylic acids is 2. The standard InChI is InChI=1S/C21H29N3O2S/c1-11(2)17(18(22)25)24-19(26)16-10-13-8-12-9-14(21(3,4)5)6-7-15(12)23-20(13)27-16/h8,10-11,14,17H,6-7,9H2,1-5H3,(H2,22,25)(H,24,26)/t14?,17-/m0/s1. The maximum Gasteiger partial charge on any atom is 0.262 e. The molecule has 0 saturated carbocycles. The molecule has 0 spiro atoms.